The first-order valence-corrected chi connectivity index (χ1v) is 2.07. The molecule has 0 aromatic heterocycles. The van der Waals surface area contributed by atoms with Crippen LogP contribution in [0, 0.1) is 10.1 Å². The van der Waals surface area contributed by atoms with Crippen LogP contribution in [0.2, 0.25) is 0 Å². The van der Waals surface area contributed by atoms with E-state index >= 15 is 0 Å². The predicted molar refractivity (Wildman–Crippen MR) is 29.3 cm³/mol. The highest BCUT2D eigenvalue weighted by atomic mass is 16.5. The zero-order valence-corrected chi connectivity index (χ0v) is 4.79. The SMILES string of the molecule is CC(C)(N=O)N(N)[O-]. The molecule has 0 heterocycles. The van der Waals surface area contributed by atoms with Gasteiger partial charge in [0.1, 0.15) is 0 Å². The van der Waals surface area contributed by atoms with E-state index in [2.05, 4.69) is 11.0 Å². The minimum absolute atomic E-state index is 0.0139. The van der Waals surface area contributed by atoms with Gasteiger partial charge in [0.25, 0.3) is 0 Å². The molecule has 0 bridgehead atoms. The molecule has 2 N–H and O–H groups in total. The summed E-state index contributed by atoms with van der Waals surface area (Å²) in [5, 5.41) is 12.6. The van der Waals surface area contributed by atoms with Gasteiger partial charge in [-0.25, -0.2) is 0 Å². The van der Waals surface area contributed by atoms with Gasteiger partial charge in [0.05, 0.1) is 0 Å². The predicted octanol–water partition coefficient (Wildman–Crippen LogP) is 0.162. The smallest absolute Gasteiger partial charge is 0.150 e. The summed E-state index contributed by atoms with van der Waals surface area (Å²) >= 11 is 0. The molecule has 0 aromatic rings. The topological polar surface area (TPSA) is 81.8 Å². The minimum atomic E-state index is -1.33. The van der Waals surface area contributed by atoms with Crippen molar-refractivity contribution >= 4 is 0 Å². The molecule has 8 heavy (non-hydrogen) atoms. The van der Waals surface area contributed by atoms with Crippen LogP contribution in [0.25, 0.3) is 0 Å². The molecule has 0 rings (SSSR count). The van der Waals surface area contributed by atoms with Crippen LogP contribution in [-0.2, 0) is 0 Å². The van der Waals surface area contributed by atoms with Crippen LogP contribution in [0.3, 0.4) is 0 Å². The number of nitrogens with two attached hydrogens (primary N) is 1. The minimum Gasteiger partial charge on any atom is -0.770 e. The first kappa shape index (κ1) is 7.48. The van der Waals surface area contributed by atoms with E-state index in [-0.39, 0.29) is 5.17 Å². The molecule has 0 spiro atoms. The van der Waals surface area contributed by atoms with Crippen LogP contribution in [-0.4, -0.2) is 10.8 Å². The maximum atomic E-state index is 10.1. The Balaban J connectivity index is 3.90. The maximum absolute atomic E-state index is 10.1. The Labute approximate surface area is 47.0 Å². The largest absolute Gasteiger partial charge is 0.770 e. The number of hydrazine groups is 1. The van der Waals surface area contributed by atoms with E-state index in [1.54, 1.807) is 0 Å². The lowest BCUT2D eigenvalue weighted by atomic mass is 10.3. The molecule has 5 nitrogen and oxygen atoms in total. The fourth-order valence-electron chi connectivity index (χ4n) is 0.0402. The summed E-state index contributed by atoms with van der Waals surface area (Å²) < 4.78 is 0. The van der Waals surface area contributed by atoms with E-state index in [1.165, 1.54) is 13.8 Å². The third-order valence-electron chi connectivity index (χ3n) is 0.763. The molecule has 5 heteroatoms. The maximum Gasteiger partial charge on any atom is 0.150 e. The van der Waals surface area contributed by atoms with Crippen molar-refractivity contribution in [2.75, 3.05) is 0 Å². The van der Waals surface area contributed by atoms with Crippen LogP contribution in [0.1, 0.15) is 13.8 Å². The Bertz CT molecular complexity index is 90.5. The van der Waals surface area contributed by atoms with E-state index in [4.69, 9.17) is 0 Å². The van der Waals surface area contributed by atoms with Crippen molar-refractivity contribution in [1.82, 2.24) is 5.17 Å². The van der Waals surface area contributed by atoms with Crippen LogP contribution in [0.4, 0.5) is 0 Å². The first-order valence-electron chi connectivity index (χ1n) is 2.07. The average molecular weight is 118 g/mol. The van der Waals surface area contributed by atoms with Crippen molar-refractivity contribution in [3.63, 3.8) is 0 Å². The second kappa shape index (κ2) is 2.17. The van der Waals surface area contributed by atoms with Crippen molar-refractivity contribution in [3.8, 4) is 0 Å². The summed E-state index contributed by atoms with van der Waals surface area (Å²) in [5.41, 5.74) is -1.33. The second-order valence-corrected chi connectivity index (χ2v) is 1.91. The number of nitroso groups, excluding NO2 is 1. The van der Waals surface area contributed by atoms with Crippen LogP contribution in [0.15, 0.2) is 5.18 Å². The highest BCUT2D eigenvalue weighted by Crippen LogP contribution is 2.08. The van der Waals surface area contributed by atoms with E-state index in [1.807, 2.05) is 0 Å². The van der Waals surface area contributed by atoms with Gasteiger partial charge in [-0.1, -0.05) is 0 Å². The highest BCUT2D eigenvalue weighted by molar-refractivity contribution is 4.73. The molecular formula is C3H8N3O2-. The molecule has 0 amide bonds. The number of hydroxylamine groups is 1. The fourth-order valence-corrected chi connectivity index (χ4v) is 0.0402. The number of nitrogens with zero attached hydrogens (tertiary/aromatic N) is 2. The van der Waals surface area contributed by atoms with Gasteiger partial charge in [-0.2, -0.15) is 0 Å². The van der Waals surface area contributed by atoms with Gasteiger partial charge in [0.15, 0.2) is 5.66 Å². The molecule has 48 valence electrons. The number of hydrogen-bond donors (Lipinski definition) is 1. The molecule has 0 aromatic carbocycles. The molecular weight excluding hydrogens is 110 g/mol. The van der Waals surface area contributed by atoms with Crippen molar-refractivity contribution < 1.29 is 0 Å². The van der Waals surface area contributed by atoms with Gasteiger partial charge in [0.2, 0.25) is 0 Å². The van der Waals surface area contributed by atoms with Gasteiger partial charge in [-0.3, -0.25) is 11.0 Å². The Morgan fingerprint density at radius 1 is 1.75 bits per heavy atom. The lowest BCUT2D eigenvalue weighted by Gasteiger charge is -2.32. The van der Waals surface area contributed by atoms with Gasteiger partial charge < -0.3 is 5.21 Å². The molecule has 0 saturated heterocycles. The summed E-state index contributed by atoms with van der Waals surface area (Å²) in [6.45, 7) is 2.65. The van der Waals surface area contributed by atoms with Crippen LogP contribution < -0.4 is 5.84 Å². The first-order chi connectivity index (χ1) is 3.50. The highest BCUT2D eigenvalue weighted by Gasteiger charge is 2.16. The van der Waals surface area contributed by atoms with Gasteiger partial charge in [0, 0.05) is 0 Å². The summed E-state index contributed by atoms with van der Waals surface area (Å²) in [6.07, 6.45) is 0. The molecule has 0 radical (unpaired) electrons. The molecule has 0 aliphatic rings. The third kappa shape index (κ3) is 1.53. The zero-order valence-electron chi connectivity index (χ0n) is 4.79. The lowest BCUT2D eigenvalue weighted by molar-refractivity contribution is 0.197. The molecule has 0 atom stereocenters. The average Bonchev–Trinajstić information content (AvgIpc) is 1.67. The van der Waals surface area contributed by atoms with Crippen molar-refractivity contribution in [2.24, 2.45) is 11.0 Å². The summed E-state index contributed by atoms with van der Waals surface area (Å²) in [5.74, 6) is 4.66. The van der Waals surface area contributed by atoms with Crippen molar-refractivity contribution in [1.29, 1.82) is 0 Å². The number of rotatable bonds is 2. The van der Waals surface area contributed by atoms with Gasteiger partial charge in [-0.15, -0.1) is 4.91 Å². The monoisotopic (exact) mass is 118 g/mol. The Morgan fingerprint density at radius 2 is 2.12 bits per heavy atom. The summed E-state index contributed by atoms with van der Waals surface area (Å²) in [6, 6.07) is 0. The fraction of sp³-hybridized carbons (Fsp3) is 1.00. The van der Waals surface area contributed by atoms with Crippen LogP contribution >= 0.6 is 0 Å². The van der Waals surface area contributed by atoms with Crippen molar-refractivity contribution in [3.05, 3.63) is 10.1 Å². The molecule has 0 unspecified atom stereocenters. The van der Waals surface area contributed by atoms with Gasteiger partial charge in [-0.05, 0) is 19.0 Å². The Hall–Kier alpha value is -0.520. The van der Waals surface area contributed by atoms with E-state index in [0.717, 1.165) is 0 Å². The molecule has 0 aliphatic carbocycles. The molecule has 0 fully saturated rings. The quantitative estimate of drug-likeness (QED) is 0.318. The van der Waals surface area contributed by atoms with E-state index in [9.17, 15) is 10.1 Å². The number of hydrogen-bond acceptors (Lipinski definition) is 5. The van der Waals surface area contributed by atoms with Crippen molar-refractivity contribution in [2.45, 2.75) is 19.5 Å². The Morgan fingerprint density at radius 3 is 2.12 bits per heavy atom. The molecule has 0 aliphatic heterocycles. The summed E-state index contributed by atoms with van der Waals surface area (Å²) in [7, 11) is 0. The third-order valence-corrected chi connectivity index (χ3v) is 0.763. The van der Waals surface area contributed by atoms with E-state index in [0.29, 0.717) is 0 Å². The van der Waals surface area contributed by atoms with Gasteiger partial charge >= 0.3 is 0 Å². The van der Waals surface area contributed by atoms with E-state index < -0.39 is 5.66 Å². The van der Waals surface area contributed by atoms with Crippen LogP contribution in [0.5, 0.6) is 0 Å². The zero-order chi connectivity index (χ0) is 6.78. The summed E-state index contributed by atoms with van der Waals surface area (Å²) in [4.78, 5) is 9.70. The standard InChI is InChI=1S/C3H8N3O2/c1-3(2,5-7)6(4)8/h4H2,1-2H3/q-1. The normalized spacial score (nSPS) is 12.1. The lowest BCUT2D eigenvalue weighted by Crippen LogP contribution is -2.42. The molecule has 0 saturated carbocycles. The second-order valence-electron chi connectivity index (χ2n) is 1.91. The Kier molecular flexibility index (Phi) is 2.02.